The average molecular weight is 251 g/mol. The van der Waals surface area contributed by atoms with Crippen molar-refractivity contribution < 1.29 is 14.7 Å². The molecule has 6 nitrogen and oxygen atoms in total. The summed E-state index contributed by atoms with van der Waals surface area (Å²) in [6, 6.07) is 8.34. The van der Waals surface area contributed by atoms with Gasteiger partial charge in [0.1, 0.15) is 0 Å². The summed E-state index contributed by atoms with van der Waals surface area (Å²) >= 11 is 0. The van der Waals surface area contributed by atoms with Crippen molar-refractivity contribution in [2.45, 2.75) is 6.04 Å². The van der Waals surface area contributed by atoms with Gasteiger partial charge in [0, 0.05) is 13.1 Å². The Labute approximate surface area is 105 Å². The predicted octanol–water partition coefficient (Wildman–Crippen LogP) is -1.09. The summed E-state index contributed by atoms with van der Waals surface area (Å²) in [5.41, 5.74) is 5.95. The normalized spacial score (nSPS) is 11.7. The van der Waals surface area contributed by atoms with Gasteiger partial charge in [-0.25, -0.2) is 0 Å². The first kappa shape index (κ1) is 14.1. The number of carbonyl (C=O) groups is 2. The van der Waals surface area contributed by atoms with Gasteiger partial charge in [0.25, 0.3) is 0 Å². The van der Waals surface area contributed by atoms with Crippen LogP contribution >= 0.6 is 0 Å². The molecule has 6 heteroatoms. The average Bonchev–Trinajstić information content (AvgIpc) is 2.42. The monoisotopic (exact) mass is 251 g/mol. The quantitative estimate of drug-likeness (QED) is 0.499. The Morgan fingerprint density at radius 1 is 1.22 bits per heavy atom. The summed E-state index contributed by atoms with van der Waals surface area (Å²) in [7, 11) is 0. The number of carbonyl (C=O) groups excluding carboxylic acids is 2. The smallest absolute Gasteiger partial charge is 0.309 e. The molecule has 0 fully saturated rings. The van der Waals surface area contributed by atoms with Gasteiger partial charge in [-0.2, -0.15) is 0 Å². The van der Waals surface area contributed by atoms with Gasteiger partial charge in [0.05, 0.1) is 12.6 Å². The molecule has 2 amide bonds. The van der Waals surface area contributed by atoms with Crippen LogP contribution in [0.25, 0.3) is 0 Å². The van der Waals surface area contributed by atoms with Crippen molar-refractivity contribution in [2.75, 3.05) is 19.7 Å². The third-order valence-corrected chi connectivity index (χ3v) is 2.33. The molecular formula is C12H17N3O3. The Hall–Kier alpha value is -1.92. The number of nitrogens with one attached hydrogen (secondary N) is 2. The molecule has 0 aliphatic carbocycles. The second-order valence-corrected chi connectivity index (χ2v) is 3.66. The minimum atomic E-state index is -0.786. The van der Waals surface area contributed by atoms with Crippen molar-refractivity contribution >= 4 is 11.8 Å². The molecule has 1 aromatic carbocycles. The molecular weight excluding hydrogens is 234 g/mol. The van der Waals surface area contributed by atoms with Crippen molar-refractivity contribution in [1.82, 2.24) is 10.6 Å². The Bertz CT molecular complexity index is 395. The maximum absolute atomic E-state index is 11.5. The molecule has 5 N–H and O–H groups in total. The highest BCUT2D eigenvalue weighted by Gasteiger charge is 2.18. The van der Waals surface area contributed by atoms with Crippen LogP contribution in [0.3, 0.4) is 0 Å². The van der Waals surface area contributed by atoms with E-state index in [0.717, 1.165) is 5.56 Å². The number of aliphatic hydroxyl groups excluding tert-OH is 1. The van der Waals surface area contributed by atoms with E-state index in [1.54, 1.807) is 24.3 Å². The second kappa shape index (κ2) is 7.41. The standard InChI is InChI=1S/C12H17N3O3/c13-6-7-14-11(17)12(18)15-10(8-16)9-4-2-1-3-5-9/h1-5,10,16H,6-8,13H2,(H,14,17)(H,15,18)/t10-/m0/s1. The molecule has 0 aliphatic rings. The zero-order chi connectivity index (χ0) is 13.4. The molecule has 18 heavy (non-hydrogen) atoms. The number of benzene rings is 1. The van der Waals surface area contributed by atoms with Gasteiger partial charge < -0.3 is 21.5 Å². The summed E-state index contributed by atoms with van der Waals surface area (Å²) in [6.07, 6.45) is 0. The SMILES string of the molecule is NCCNC(=O)C(=O)N[C@@H](CO)c1ccccc1. The van der Waals surface area contributed by atoms with Gasteiger partial charge in [-0.1, -0.05) is 30.3 Å². The van der Waals surface area contributed by atoms with Crippen LogP contribution in [-0.2, 0) is 9.59 Å². The van der Waals surface area contributed by atoms with E-state index in [0.29, 0.717) is 0 Å². The fourth-order valence-corrected chi connectivity index (χ4v) is 1.41. The topological polar surface area (TPSA) is 104 Å². The van der Waals surface area contributed by atoms with Gasteiger partial charge in [-0.05, 0) is 5.56 Å². The lowest BCUT2D eigenvalue weighted by Gasteiger charge is -2.16. The number of hydrogen-bond acceptors (Lipinski definition) is 4. The van der Waals surface area contributed by atoms with Crippen LogP contribution in [0.2, 0.25) is 0 Å². The predicted molar refractivity (Wildman–Crippen MR) is 66.5 cm³/mol. The van der Waals surface area contributed by atoms with Crippen LogP contribution in [0.4, 0.5) is 0 Å². The van der Waals surface area contributed by atoms with E-state index >= 15 is 0 Å². The Balaban J connectivity index is 2.58. The molecule has 0 radical (unpaired) electrons. The zero-order valence-electron chi connectivity index (χ0n) is 9.93. The van der Waals surface area contributed by atoms with Gasteiger partial charge >= 0.3 is 11.8 Å². The van der Waals surface area contributed by atoms with E-state index in [2.05, 4.69) is 10.6 Å². The fourth-order valence-electron chi connectivity index (χ4n) is 1.41. The van der Waals surface area contributed by atoms with E-state index < -0.39 is 17.9 Å². The molecule has 0 saturated heterocycles. The minimum absolute atomic E-state index is 0.237. The summed E-state index contributed by atoms with van der Waals surface area (Å²) in [4.78, 5) is 22.8. The first-order valence-corrected chi connectivity index (χ1v) is 5.63. The van der Waals surface area contributed by atoms with E-state index in [4.69, 9.17) is 5.73 Å². The van der Waals surface area contributed by atoms with Crippen LogP contribution < -0.4 is 16.4 Å². The first-order valence-electron chi connectivity index (χ1n) is 5.63. The summed E-state index contributed by atoms with van der Waals surface area (Å²) in [5.74, 6) is -1.54. The third kappa shape index (κ3) is 4.15. The summed E-state index contributed by atoms with van der Waals surface area (Å²) in [6.45, 7) is 0.225. The van der Waals surface area contributed by atoms with Crippen LogP contribution in [0.5, 0.6) is 0 Å². The lowest BCUT2D eigenvalue weighted by atomic mass is 10.1. The number of hydrogen-bond donors (Lipinski definition) is 4. The van der Waals surface area contributed by atoms with Gasteiger partial charge in [-0.15, -0.1) is 0 Å². The van der Waals surface area contributed by atoms with E-state index in [1.807, 2.05) is 6.07 Å². The summed E-state index contributed by atoms with van der Waals surface area (Å²) < 4.78 is 0. The van der Waals surface area contributed by atoms with Gasteiger partial charge in [-0.3, -0.25) is 9.59 Å². The second-order valence-electron chi connectivity index (χ2n) is 3.66. The molecule has 98 valence electrons. The largest absolute Gasteiger partial charge is 0.394 e. The zero-order valence-corrected chi connectivity index (χ0v) is 9.93. The van der Waals surface area contributed by atoms with Crippen LogP contribution in [0.1, 0.15) is 11.6 Å². The van der Waals surface area contributed by atoms with Crippen molar-refractivity contribution in [3.63, 3.8) is 0 Å². The van der Waals surface area contributed by atoms with Crippen LogP contribution in [0, 0.1) is 0 Å². The van der Waals surface area contributed by atoms with Crippen molar-refractivity contribution in [3.05, 3.63) is 35.9 Å². The number of amides is 2. The molecule has 0 aliphatic heterocycles. The fraction of sp³-hybridized carbons (Fsp3) is 0.333. The van der Waals surface area contributed by atoms with Crippen molar-refractivity contribution in [1.29, 1.82) is 0 Å². The summed E-state index contributed by atoms with van der Waals surface area (Å²) in [5, 5.41) is 14.0. The number of aliphatic hydroxyl groups is 1. The molecule has 1 aromatic rings. The lowest BCUT2D eigenvalue weighted by Crippen LogP contribution is -2.43. The maximum atomic E-state index is 11.5. The van der Waals surface area contributed by atoms with Crippen molar-refractivity contribution in [3.8, 4) is 0 Å². The highest BCUT2D eigenvalue weighted by Crippen LogP contribution is 2.10. The Kier molecular flexibility index (Phi) is 5.83. The third-order valence-electron chi connectivity index (χ3n) is 2.33. The Morgan fingerprint density at radius 3 is 2.44 bits per heavy atom. The highest BCUT2D eigenvalue weighted by molar-refractivity contribution is 6.35. The first-order chi connectivity index (χ1) is 8.69. The van der Waals surface area contributed by atoms with Crippen molar-refractivity contribution in [2.24, 2.45) is 5.73 Å². The number of nitrogens with two attached hydrogens (primary N) is 1. The molecule has 0 aromatic heterocycles. The molecule has 1 atom stereocenters. The molecule has 0 unspecified atom stereocenters. The van der Waals surface area contributed by atoms with E-state index in [1.165, 1.54) is 0 Å². The van der Waals surface area contributed by atoms with Gasteiger partial charge in [0.15, 0.2) is 0 Å². The molecule has 0 bridgehead atoms. The van der Waals surface area contributed by atoms with E-state index in [-0.39, 0.29) is 19.7 Å². The molecule has 0 saturated carbocycles. The molecule has 0 spiro atoms. The van der Waals surface area contributed by atoms with Crippen LogP contribution in [0.15, 0.2) is 30.3 Å². The molecule has 0 heterocycles. The maximum Gasteiger partial charge on any atom is 0.309 e. The van der Waals surface area contributed by atoms with E-state index in [9.17, 15) is 14.7 Å². The Morgan fingerprint density at radius 2 is 1.89 bits per heavy atom. The molecule has 1 rings (SSSR count). The van der Waals surface area contributed by atoms with Crippen LogP contribution in [-0.4, -0.2) is 36.6 Å². The van der Waals surface area contributed by atoms with Gasteiger partial charge in [0.2, 0.25) is 0 Å². The minimum Gasteiger partial charge on any atom is -0.394 e. The highest BCUT2D eigenvalue weighted by atomic mass is 16.3. The lowest BCUT2D eigenvalue weighted by molar-refractivity contribution is -0.139. The number of rotatable bonds is 5.